The summed E-state index contributed by atoms with van der Waals surface area (Å²) in [6.45, 7) is 8.07. The van der Waals surface area contributed by atoms with Gasteiger partial charge in [-0.3, -0.25) is 4.90 Å². The summed E-state index contributed by atoms with van der Waals surface area (Å²) in [4.78, 5) is 16.6. The van der Waals surface area contributed by atoms with E-state index in [2.05, 4.69) is 16.7 Å². The molecule has 0 aromatic heterocycles. The Morgan fingerprint density at radius 3 is 2.55 bits per heavy atom. The molecule has 0 amide bonds. The minimum absolute atomic E-state index is 0.270. The van der Waals surface area contributed by atoms with Crippen LogP contribution < -0.4 is 0 Å². The van der Waals surface area contributed by atoms with Crippen molar-refractivity contribution in [3.05, 3.63) is 35.4 Å². The van der Waals surface area contributed by atoms with Crippen LogP contribution in [-0.2, 0) is 11.3 Å². The van der Waals surface area contributed by atoms with E-state index in [1.165, 1.54) is 45.1 Å². The van der Waals surface area contributed by atoms with E-state index in [0.29, 0.717) is 11.6 Å². The molecule has 1 saturated heterocycles. The Bertz CT molecular complexity index is 510. The molecule has 1 aliphatic carbocycles. The predicted molar refractivity (Wildman–Crippen MR) is 86.8 cm³/mol. The molecule has 4 nitrogen and oxygen atoms in total. The lowest BCUT2D eigenvalue weighted by molar-refractivity contribution is 0.0600. The minimum Gasteiger partial charge on any atom is -0.465 e. The second kappa shape index (κ2) is 6.80. The number of piperazine rings is 1. The number of methoxy groups -OCH3 is 1. The van der Waals surface area contributed by atoms with Crippen LogP contribution in [0.25, 0.3) is 0 Å². The van der Waals surface area contributed by atoms with Crippen LogP contribution in [0.4, 0.5) is 0 Å². The molecule has 22 heavy (non-hydrogen) atoms. The first-order valence-electron chi connectivity index (χ1n) is 8.29. The maximum atomic E-state index is 11.5. The number of esters is 1. The Hall–Kier alpha value is -1.39. The quantitative estimate of drug-likeness (QED) is 0.782. The number of hydrogen-bond acceptors (Lipinski definition) is 4. The van der Waals surface area contributed by atoms with E-state index in [1.54, 1.807) is 0 Å². The van der Waals surface area contributed by atoms with Gasteiger partial charge >= 0.3 is 5.97 Å². The van der Waals surface area contributed by atoms with Crippen molar-refractivity contribution in [2.75, 3.05) is 33.3 Å². The van der Waals surface area contributed by atoms with Crippen molar-refractivity contribution in [2.24, 2.45) is 5.92 Å². The van der Waals surface area contributed by atoms with Crippen molar-refractivity contribution in [3.63, 3.8) is 0 Å². The third-order valence-corrected chi connectivity index (χ3v) is 4.82. The van der Waals surface area contributed by atoms with Crippen molar-refractivity contribution in [3.8, 4) is 0 Å². The molecule has 1 aliphatic heterocycles. The molecule has 1 saturated carbocycles. The Morgan fingerprint density at radius 1 is 1.23 bits per heavy atom. The number of benzene rings is 1. The van der Waals surface area contributed by atoms with E-state index in [-0.39, 0.29) is 5.97 Å². The van der Waals surface area contributed by atoms with Gasteiger partial charge in [-0.15, -0.1) is 0 Å². The summed E-state index contributed by atoms with van der Waals surface area (Å²) in [5.74, 6) is 0.707. The fourth-order valence-electron chi connectivity index (χ4n) is 3.24. The van der Waals surface area contributed by atoms with Crippen molar-refractivity contribution in [2.45, 2.75) is 32.4 Å². The lowest BCUT2D eigenvalue weighted by atomic mass is 10.1. The lowest BCUT2D eigenvalue weighted by Gasteiger charge is -2.40. The van der Waals surface area contributed by atoms with E-state index in [1.807, 2.05) is 24.3 Å². The van der Waals surface area contributed by atoms with Gasteiger partial charge in [-0.25, -0.2) is 4.79 Å². The summed E-state index contributed by atoms with van der Waals surface area (Å²) in [5, 5.41) is 0. The number of carbonyl (C=O) groups excluding carboxylic acids is 1. The molecule has 1 aromatic carbocycles. The number of nitrogens with zero attached hydrogens (tertiary/aromatic N) is 2. The summed E-state index contributed by atoms with van der Waals surface area (Å²) < 4.78 is 4.74. The van der Waals surface area contributed by atoms with Gasteiger partial charge < -0.3 is 9.64 Å². The van der Waals surface area contributed by atoms with E-state index < -0.39 is 0 Å². The van der Waals surface area contributed by atoms with Crippen LogP contribution in [0.1, 0.15) is 35.7 Å². The average molecular weight is 302 g/mol. The second-order valence-corrected chi connectivity index (χ2v) is 6.71. The third-order valence-electron chi connectivity index (χ3n) is 4.82. The van der Waals surface area contributed by atoms with Gasteiger partial charge in [0.15, 0.2) is 0 Å². The third kappa shape index (κ3) is 3.87. The van der Waals surface area contributed by atoms with Crippen molar-refractivity contribution < 1.29 is 9.53 Å². The fraction of sp³-hybridized carbons (Fsp3) is 0.611. The first kappa shape index (κ1) is 15.5. The number of rotatable bonds is 5. The van der Waals surface area contributed by atoms with Gasteiger partial charge in [0.2, 0.25) is 0 Å². The molecule has 0 N–H and O–H groups in total. The zero-order chi connectivity index (χ0) is 15.5. The normalized spacial score (nSPS) is 23.5. The molecule has 0 unspecified atom stereocenters. The number of hydrogen-bond donors (Lipinski definition) is 0. The molecule has 2 aliphatic rings. The van der Waals surface area contributed by atoms with Crippen LogP contribution in [0.3, 0.4) is 0 Å². The maximum Gasteiger partial charge on any atom is 0.337 e. The highest BCUT2D eigenvalue weighted by atomic mass is 16.5. The molecule has 120 valence electrons. The molecule has 0 spiro atoms. The minimum atomic E-state index is -0.270. The summed E-state index contributed by atoms with van der Waals surface area (Å²) in [7, 11) is 1.42. The molecule has 2 fully saturated rings. The first-order chi connectivity index (χ1) is 10.7. The van der Waals surface area contributed by atoms with E-state index in [4.69, 9.17) is 4.74 Å². The highest BCUT2D eigenvalue weighted by molar-refractivity contribution is 5.89. The standard InChI is InChI=1S/C18H26N2O2/c1-14-11-19(12-15-3-4-15)9-10-20(14)13-16-5-7-17(8-6-16)18(21)22-2/h5-8,14-15H,3-4,9-13H2,1-2H3/t14-/m0/s1. The van der Waals surface area contributed by atoms with Gasteiger partial charge in [0.25, 0.3) is 0 Å². The van der Waals surface area contributed by atoms with Gasteiger partial charge in [0.05, 0.1) is 12.7 Å². The summed E-state index contributed by atoms with van der Waals surface area (Å²) in [6, 6.07) is 8.38. The van der Waals surface area contributed by atoms with Crippen LogP contribution >= 0.6 is 0 Å². The molecule has 0 radical (unpaired) electrons. The summed E-state index contributed by atoms with van der Waals surface area (Å²) in [5.41, 5.74) is 1.88. The number of carbonyl (C=O) groups is 1. The van der Waals surface area contributed by atoms with Crippen LogP contribution in [0.15, 0.2) is 24.3 Å². The van der Waals surface area contributed by atoms with Gasteiger partial charge in [0.1, 0.15) is 0 Å². The summed E-state index contributed by atoms with van der Waals surface area (Å²) in [6.07, 6.45) is 2.86. The largest absolute Gasteiger partial charge is 0.465 e. The molecule has 1 heterocycles. The molecule has 0 bridgehead atoms. The maximum absolute atomic E-state index is 11.5. The van der Waals surface area contributed by atoms with E-state index in [9.17, 15) is 4.79 Å². The smallest absolute Gasteiger partial charge is 0.337 e. The van der Waals surface area contributed by atoms with Crippen LogP contribution in [0, 0.1) is 5.92 Å². The van der Waals surface area contributed by atoms with Crippen molar-refractivity contribution >= 4 is 5.97 Å². The molecule has 1 aromatic rings. The zero-order valence-electron chi connectivity index (χ0n) is 13.6. The zero-order valence-corrected chi connectivity index (χ0v) is 13.6. The molecule has 3 rings (SSSR count). The molecular weight excluding hydrogens is 276 g/mol. The van der Waals surface area contributed by atoms with E-state index >= 15 is 0 Å². The lowest BCUT2D eigenvalue weighted by Crippen LogP contribution is -2.51. The Labute approximate surface area is 133 Å². The van der Waals surface area contributed by atoms with Crippen LogP contribution in [-0.4, -0.2) is 55.1 Å². The van der Waals surface area contributed by atoms with Gasteiger partial charge in [-0.1, -0.05) is 12.1 Å². The van der Waals surface area contributed by atoms with Gasteiger partial charge in [-0.05, 0) is 43.4 Å². The predicted octanol–water partition coefficient (Wildman–Crippen LogP) is 2.39. The Balaban J connectivity index is 1.53. The van der Waals surface area contributed by atoms with Gasteiger partial charge in [0, 0.05) is 38.8 Å². The molecule has 1 atom stereocenters. The monoisotopic (exact) mass is 302 g/mol. The first-order valence-corrected chi connectivity index (χ1v) is 8.29. The second-order valence-electron chi connectivity index (χ2n) is 6.71. The van der Waals surface area contributed by atoms with Crippen LogP contribution in [0.2, 0.25) is 0 Å². The highest BCUT2D eigenvalue weighted by Gasteiger charge is 2.29. The number of ether oxygens (including phenoxy) is 1. The van der Waals surface area contributed by atoms with Crippen molar-refractivity contribution in [1.29, 1.82) is 0 Å². The molecule has 4 heteroatoms. The average Bonchev–Trinajstić information content (AvgIpc) is 3.34. The van der Waals surface area contributed by atoms with Crippen LogP contribution in [0.5, 0.6) is 0 Å². The van der Waals surface area contributed by atoms with E-state index in [0.717, 1.165) is 19.0 Å². The molecular formula is C18H26N2O2. The SMILES string of the molecule is COC(=O)c1ccc(CN2CCN(CC3CC3)C[C@@H]2C)cc1. The Kier molecular flexibility index (Phi) is 4.79. The highest BCUT2D eigenvalue weighted by Crippen LogP contribution is 2.30. The Morgan fingerprint density at radius 2 is 1.95 bits per heavy atom. The van der Waals surface area contributed by atoms with Crippen molar-refractivity contribution in [1.82, 2.24) is 9.80 Å². The summed E-state index contributed by atoms with van der Waals surface area (Å²) >= 11 is 0. The van der Waals surface area contributed by atoms with Gasteiger partial charge in [-0.2, -0.15) is 0 Å². The fourth-order valence-corrected chi connectivity index (χ4v) is 3.24. The topological polar surface area (TPSA) is 32.8 Å².